The summed E-state index contributed by atoms with van der Waals surface area (Å²) in [6.07, 6.45) is -2.64. The fraction of sp³-hybridized carbons (Fsp3) is 0.400. The smallest absolute Gasteiger partial charge is 0.308 e. The van der Waals surface area contributed by atoms with E-state index in [2.05, 4.69) is 10.2 Å². The Labute approximate surface area is 211 Å². The number of para-hydroxylation sites is 1. The molecule has 2 aliphatic rings. The summed E-state index contributed by atoms with van der Waals surface area (Å²) in [5, 5.41) is 8.28. The lowest BCUT2D eigenvalue weighted by atomic mass is 9.98. The van der Waals surface area contributed by atoms with Crippen molar-refractivity contribution in [3.8, 4) is 17.2 Å². The van der Waals surface area contributed by atoms with Crippen molar-refractivity contribution >= 4 is 17.6 Å². The summed E-state index contributed by atoms with van der Waals surface area (Å²) in [6.45, 7) is 3.94. The summed E-state index contributed by atoms with van der Waals surface area (Å²) in [6, 6.07) is 10.2. The largest absolute Gasteiger partial charge is 0.486 e. The van der Waals surface area contributed by atoms with Crippen LogP contribution in [0.2, 0.25) is 5.02 Å². The van der Waals surface area contributed by atoms with Crippen molar-refractivity contribution in [3.05, 3.63) is 64.2 Å². The summed E-state index contributed by atoms with van der Waals surface area (Å²) in [4.78, 5) is 12.5. The van der Waals surface area contributed by atoms with Gasteiger partial charge in [0.15, 0.2) is 17.3 Å². The summed E-state index contributed by atoms with van der Waals surface area (Å²) in [5.74, 6) is -3.30. The number of carbonyl (C=O) groups excluding carboxylic acids is 1. The van der Waals surface area contributed by atoms with E-state index < -0.39 is 36.3 Å². The van der Waals surface area contributed by atoms with Crippen LogP contribution in [0.5, 0.6) is 11.5 Å². The summed E-state index contributed by atoms with van der Waals surface area (Å²) >= 11 is 6.37. The Kier molecular flexibility index (Phi) is 6.57. The van der Waals surface area contributed by atoms with E-state index in [0.29, 0.717) is 46.5 Å². The van der Waals surface area contributed by atoms with Gasteiger partial charge >= 0.3 is 11.9 Å². The number of hydrogen-bond donors (Lipinski definition) is 0. The molecule has 0 radical (unpaired) electrons. The number of benzene rings is 2. The maximum atomic E-state index is 15.0. The molecule has 0 aliphatic carbocycles. The first-order chi connectivity index (χ1) is 17.3. The molecule has 11 heteroatoms. The molecule has 3 heterocycles. The maximum absolute atomic E-state index is 15.0. The highest BCUT2D eigenvalue weighted by atomic mass is 35.5. The average Bonchev–Trinajstić information content (AvgIpc) is 3.28. The van der Waals surface area contributed by atoms with E-state index in [1.165, 1.54) is 11.5 Å². The molecule has 0 amide bonds. The van der Waals surface area contributed by atoms with Gasteiger partial charge in [-0.2, -0.15) is 8.78 Å². The predicted octanol–water partition coefficient (Wildman–Crippen LogP) is 5.31. The van der Waals surface area contributed by atoms with Gasteiger partial charge < -0.3 is 18.9 Å². The molecule has 8 nitrogen and oxygen atoms in total. The monoisotopic (exact) mass is 519 g/mol. The highest BCUT2D eigenvalue weighted by Crippen LogP contribution is 2.48. The topological polar surface area (TPSA) is 84.7 Å². The van der Waals surface area contributed by atoms with Crippen LogP contribution in [0.1, 0.15) is 61.7 Å². The Morgan fingerprint density at radius 3 is 2.75 bits per heavy atom. The molecule has 3 aromatic rings. The Bertz CT molecular complexity index is 1300. The lowest BCUT2D eigenvalue weighted by Gasteiger charge is -2.27. The molecule has 0 bridgehead atoms. The number of nitrogens with zero attached hydrogens (tertiary/aromatic N) is 3. The van der Waals surface area contributed by atoms with Gasteiger partial charge in [-0.3, -0.25) is 9.36 Å². The van der Waals surface area contributed by atoms with Gasteiger partial charge in [-0.25, -0.2) is 0 Å². The van der Waals surface area contributed by atoms with Crippen molar-refractivity contribution in [2.45, 2.75) is 44.8 Å². The van der Waals surface area contributed by atoms with E-state index in [1.54, 1.807) is 43.3 Å². The molecular weight excluding hydrogens is 496 g/mol. The van der Waals surface area contributed by atoms with Crippen LogP contribution in [0.3, 0.4) is 0 Å². The molecule has 190 valence electrons. The Morgan fingerprint density at radius 1 is 1.17 bits per heavy atom. The fourth-order valence-corrected chi connectivity index (χ4v) is 4.61. The van der Waals surface area contributed by atoms with Crippen LogP contribution in [0.15, 0.2) is 36.4 Å². The van der Waals surface area contributed by atoms with Crippen molar-refractivity contribution in [2.24, 2.45) is 0 Å². The number of hydrogen-bond acceptors (Lipinski definition) is 7. The van der Waals surface area contributed by atoms with Gasteiger partial charge in [-0.1, -0.05) is 30.7 Å². The third-order valence-electron chi connectivity index (χ3n) is 6.10. The van der Waals surface area contributed by atoms with Gasteiger partial charge in [0.1, 0.15) is 25.4 Å². The predicted molar refractivity (Wildman–Crippen MR) is 125 cm³/mol. The highest BCUT2D eigenvalue weighted by Gasteiger charge is 2.42. The summed E-state index contributed by atoms with van der Waals surface area (Å²) < 4.78 is 54.6. The SMILES string of the molecule is CCOC(=O)C[C@H]1O[C@H](c2cccc3c2OCCO3)c2cc(Cl)ccc2-n2c1nnc2C(F)(F)CC. The van der Waals surface area contributed by atoms with Crippen molar-refractivity contribution in [1.82, 2.24) is 14.8 Å². The summed E-state index contributed by atoms with van der Waals surface area (Å²) in [7, 11) is 0. The second-order valence-corrected chi connectivity index (χ2v) is 8.80. The average molecular weight is 520 g/mol. The van der Waals surface area contributed by atoms with E-state index >= 15 is 8.78 Å². The zero-order valence-electron chi connectivity index (χ0n) is 19.7. The molecule has 5 rings (SSSR count). The number of carbonyl (C=O) groups is 1. The standard InChI is InChI=1S/C25H24ClF2N3O5/c1-3-25(27,28)24-30-29-23-19(13-20(32)33-4-2)36-21(16-12-14(26)8-9-17(16)31(23)24)15-6-5-7-18-22(15)35-11-10-34-18/h5-9,12,19,21H,3-4,10-11,13H2,1-2H3/t19-,21-/m1/s1. The molecule has 2 aromatic carbocycles. The quantitative estimate of drug-likeness (QED) is 0.408. The normalized spacial score (nSPS) is 18.7. The minimum Gasteiger partial charge on any atom is -0.486 e. The third-order valence-corrected chi connectivity index (χ3v) is 6.33. The number of ether oxygens (including phenoxy) is 4. The first-order valence-electron chi connectivity index (χ1n) is 11.7. The second kappa shape index (κ2) is 9.67. The number of alkyl halides is 2. The second-order valence-electron chi connectivity index (χ2n) is 8.36. The van der Waals surface area contributed by atoms with Crippen molar-refractivity contribution in [2.75, 3.05) is 19.8 Å². The van der Waals surface area contributed by atoms with E-state index in [1.807, 2.05) is 0 Å². The van der Waals surface area contributed by atoms with E-state index in [9.17, 15) is 4.79 Å². The van der Waals surface area contributed by atoms with E-state index in [4.69, 9.17) is 30.5 Å². The number of aromatic nitrogens is 3. The molecule has 0 saturated heterocycles. The first kappa shape index (κ1) is 24.5. The van der Waals surface area contributed by atoms with Crippen molar-refractivity contribution < 1.29 is 32.5 Å². The molecule has 2 aliphatic heterocycles. The van der Waals surface area contributed by atoms with Crippen LogP contribution >= 0.6 is 11.6 Å². The minimum absolute atomic E-state index is 0.0687. The Balaban J connectivity index is 1.75. The van der Waals surface area contributed by atoms with Crippen LogP contribution in [0.25, 0.3) is 5.69 Å². The van der Waals surface area contributed by atoms with Gasteiger partial charge in [-0.05, 0) is 31.2 Å². The summed E-state index contributed by atoms with van der Waals surface area (Å²) in [5.41, 5.74) is 1.46. The van der Waals surface area contributed by atoms with Gasteiger partial charge in [0.05, 0.1) is 18.7 Å². The lowest BCUT2D eigenvalue weighted by Crippen LogP contribution is -2.20. The van der Waals surface area contributed by atoms with Crippen LogP contribution in [0, 0.1) is 0 Å². The van der Waals surface area contributed by atoms with Crippen molar-refractivity contribution in [1.29, 1.82) is 0 Å². The van der Waals surface area contributed by atoms with Crippen molar-refractivity contribution in [3.63, 3.8) is 0 Å². The third kappa shape index (κ3) is 4.28. The molecule has 0 spiro atoms. The van der Waals surface area contributed by atoms with Crippen LogP contribution in [-0.4, -0.2) is 40.6 Å². The Hall–Kier alpha value is -3.24. The van der Waals surface area contributed by atoms with Gasteiger partial charge in [0.25, 0.3) is 0 Å². The van der Waals surface area contributed by atoms with Crippen LogP contribution in [0.4, 0.5) is 8.78 Å². The Morgan fingerprint density at radius 2 is 1.97 bits per heavy atom. The van der Waals surface area contributed by atoms with E-state index in [0.717, 1.165) is 0 Å². The fourth-order valence-electron chi connectivity index (χ4n) is 4.43. The van der Waals surface area contributed by atoms with Crippen LogP contribution in [-0.2, 0) is 20.2 Å². The molecule has 0 saturated carbocycles. The number of rotatable bonds is 6. The molecule has 0 unspecified atom stereocenters. The van der Waals surface area contributed by atoms with Crippen LogP contribution < -0.4 is 9.47 Å². The lowest BCUT2D eigenvalue weighted by molar-refractivity contribution is -0.147. The molecule has 36 heavy (non-hydrogen) atoms. The number of fused-ring (bicyclic) bond motifs is 4. The van der Waals surface area contributed by atoms with E-state index in [-0.39, 0.29) is 18.9 Å². The zero-order chi connectivity index (χ0) is 25.4. The number of halogens is 3. The van der Waals surface area contributed by atoms with Gasteiger partial charge in [0, 0.05) is 22.6 Å². The maximum Gasteiger partial charge on any atom is 0.308 e. The molecule has 1 aromatic heterocycles. The highest BCUT2D eigenvalue weighted by molar-refractivity contribution is 6.30. The molecular formula is C25H24ClF2N3O5. The van der Waals surface area contributed by atoms with Gasteiger partial charge in [0.2, 0.25) is 5.82 Å². The first-order valence-corrected chi connectivity index (χ1v) is 12.0. The zero-order valence-corrected chi connectivity index (χ0v) is 20.4. The molecule has 0 N–H and O–H groups in total. The molecule has 2 atom stereocenters. The molecule has 0 fully saturated rings. The minimum atomic E-state index is -3.28. The number of esters is 1. The van der Waals surface area contributed by atoms with Gasteiger partial charge in [-0.15, -0.1) is 10.2 Å².